The van der Waals surface area contributed by atoms with Crippen LogP contribution in [0.1, 0.15) is 12.0 Å². The van der Waals surface area contributed by atoms with Crippen molar-refractivity contribution in [3.8, 4) is 0 Å². The number of benzene rings is 1. The maximum atomic E-state index is 11.7. The van der Waals surface area contributed by atoms with Gasteiger partial charge < -0.3 is 9.47 Å². The van der Waals surface area contributed by atoms with Gasteiger partial charge in [0.2, 0.25) is 0 Å². The first-order valence-electron chi connectivity index (χ1n) is 5.61. The standard InChI is InChI=1S/C13H14Br2O4/c1-18-12(16)10(14)7-11(15)13(17)19-8-9-5-3-2-4-6-9/h2-6,10-11H,7-8H2,1H3/t10-,11+/m0/s1. The van der Waals surface area contributed by atoms with Crippen molar-refractivity contribution >= 4 is 43.8 Å². The van der Waals surface area contributed by atoms with Gasteiger partial charge in [-0.2, -0.15) is 0 Å². The van der Waals surface area contributed by atoms with Crippen molar-refractivity contribution in [1.82, 2.24) is 0 Å². The molecular weight excluding hydrogens is 380 g/mol. The number of carbonyl (C=O) groups excluding carboxylic acids is 2. The summed E-state index contributed by atoms with van der Waals surface area (Å²) in [7, 11) is 1.30. The van der Waals surface area contributed by atoms with Gasteiger partial charge >= 0.3 is 11.9 Å². The van der Waals surface area contributed by atoms with Crippen LogP contribution in [-0.4, -0.2) is 28.7 Å². The highest BCUT2D eigenvalue weighted by atomic mass is 79.9. The number of esters is 2. The topological polar surface area (TPSA) is 52.6 Å². The molecule has 6 heteroatoms. The molecule has 0 radical (unpaired) electrons. The van der Waals surface area contributed by atoms with Gasteiger partial charge in [0, 0.05) is 0 Å². The van der Waals surface area contributed by atoms with Gasteiger partial charge in [0.25, 0.3) is 0 Å². The average molecular weight is 394 g/mol. The zero-order chi connectivity index (χ0) is 14.3. The largest absolute Gasteiger partial charge is 0.468 e. The number of alkyl halides is 2. The molecule has 0 N–H and O–H groups in total. The third kappa shape index (κ3) is 5.74. The van der Waals surface area contributed by atoms with E-state index in [4.69, 9.17) is 4.74 Å². The monoisotopic (exact) mass is 392 g/mol. The molecule has 1 rings (SSSR count). The molecule has 0 saturated heterocycles. The van der Waals surface area contributed by atoms with Gasteiger partial charge in [-0.25, -0.2) is 0 Å². The van der Waals surface area contributed by atoms with Crippen molar-refractivity contribution in [3.05, 3.63) is 35.9 Å². The van der Waals surface area contributed by atoms with Gasteiger partial charge in [-0.15, -0.1) is 0 Å². The molecule has 4 nitrogen and oxygen atoms in total. The highest BCUT2D eigenvalue weighted by Gasteiger charge is 2.25. The molecule has 1 aromatic rings. The molecule has 0 aromatic heterocycles. The van der Waals surface area contributed by atoms with E-state index in [0.717, 1.165) is 5.56 Å². The summed E-state index contributed by atoms with van der Waals surface area (Å²) in [6.45, 7) is 0.215. The van der Waals surface area contributed by atoms with Crippen molar-refractivity contribution in [3.63, 3.8) is 0 Å². The second kappa shape index (κ2) is 8.32. The maximum Gasteiger partial charge on any atom is 0.320 e. The molecule has 0 aliphatic heterocycles. The Morgan fingerprint density at radius 1 is 1.11 bits per heavy atom. The Morgan fingerprint density at radius 2 is 1.68 bits per heavy atom. The van der Waals surface area contributed by atoms with Crippen LogP contribution >= 0.6 is 31.9 Å². The molecule has 0 aliphatic rings. The molecule has 2 atom stereocenters. The summed E-state index contributed by atoms with van der Waals surface area (Å²) >= 11 is 6.36. The number of hydrogen-bond donors (Lipinski definition) is 0. The van der Waals surface area contributed by atoms with E-state index >= 15 is 0 Å². The van der Waals surface area contributed by atoms with E-state index in [1.807, 2.05) is 30.3 Å². The SMILES string of the molecule is COC(=O)[C@@H](Br)C[C@@H](Br)C(=O)OCc1ccccc1. The zero-order valence-electron chi connectivity index (χ0n) is 10.3. The van der Waals surface area contributed by atoms with Gasteiger partial charge in [-0.05, 0) is 12.0 Å². The fourth-order valence-electron chi connectivity index (χ4n) is 1.32. The molecule has 0 unspecified atom stereocenters. The lowest BCUT2D eigenvalue weighted by Gasteiger charge is -2.12. The summed E-state index contributed by atoms with van der Waals surface area (Å²) in [6, 6.07) is 9.39. The summed E-state index contributed by atoms with van der Waals surface area (Å²) < 4.78 is 9.71. The van der Waals surface area contributed by atoms with Crippen LogP contribution in [0, 0.1) is 0 Å². The van der Waals surface area contributed by atoms with Crippen LogP contribution in [-0.2, 0) is 25.7 Å². The van der Waals surface area contributed by atoms with Crippen LogP contribution in [0.4, 0.5) is 0 Å². The molecule has 0 aliphatic carbocycles. The van der Waals surface area contributed by atoms with E-state index in [9.17, 15) is 9.59 Å². The van der Waals surface area contributed by atoms with E-state index in [-0.39, 0.29) is 13.0 Å². The van der Waals surface area contributed by atoms with E-state index in [1.165, 1.54) is 7.11 Å². The highest BCUT2D eigenvalue weighted by molar-refractivity contribution is 9.10. The molecule has 0 bridgehead atoms. The second-order valence-electron chi connectivity index (χ2n) is 3.79. The predicted octanol–water partition coefficient (Wildman–Crippen LogP) is 2.82. The number of carbonyl (C=O) groups is 2. The number of ether oxygens (including phenoxy) is 2. The van der Waals surface area contributed by atoms with Crippen molar-refractivity contribution in [2.75, 3.05) is 7.11 Å². The summed E-state index contributed by atoms with van der Waals surface area (Å²) in [4.78, 5) is 21.8. The summed E-state index contributed by atoms with van der Waals surface area (Å²) in [5.41, 5.74) is 0.916. The number of halogens is 2. The van der Waals surface area contributed by atoms with Crippen LogP contribution in [0.5, 0.6) is 0 Å². The normalized spacial score (nSPS) is 13.4. The van der Waals surface area contributed by atoms with E-state index in [2.05, 4.69) is 36.6 Å². The number of rotatable bonds is 6. The van der Waals surface area contributed by atoms with E-state index in [0.29, 0.717) is 0 Å². The van der Waals surface area contributed by atoms with Crippen LogP contribution in [0.25, 0.3) is 0 Å². The third-order valence-electron chi connectivity index (χ3n) is 2.35. The first-order chi connectivity index (χ1) is 9.04. The van der Waals surface area contributed by atoms with Gasteiger partial charge in [0.1, 0.15) is 16.3 Å². The maximum absolute atomic E-state index is 11.7. The Kier molecular flexibility index (Phi) is 7.09. The molecule has 0 saturated carbocycles. The van der Waals surface area contributed by atoms with E-state index in [1.54, 1.807) is 0 Å². The molecular formula is C13H14Br2O4. The number of hydrogen-bond acceptors (Lipinski definition) is 4. The van der Waals surface area contributed by atoms with Gasteiger partial charge in [-0.3, -0.25) is 9.59 Å². The smallest absolute Gasteiger partial charge is 0.320 e. The third-order valence-corrected chi connectivity index (χ3v) is 3.85. The minimum absolute atomic E-state index is 0.215. The lowest BCUT2D eigenvalue weighted by Crippen LogP contribution is -2.25. The lowest BCUT2D eigenvalue weighted by atomic mass is 10.2. The van der Waals surface area contributed by atoms with Crippen LogP contribution in [0.2, 0.25) is 0 Å². The molecule has 0 heterocycles. The molecule has 1 aromatic carbocycles. The Balaban J connectivity index is 2.39. The first-order valence-corrected chi connectivity index (χ1v) is 7.44. The number of methoxy groups -OCH3 is 1. The van der Waals surface area contributed by atoms with Gasteiger partial charge in [0.05, 0.1) is 7.11 Å². The molecule has 0 spiro atoms. The average Bonchev–Trinajstić information content (AvgIpc) is 2.44. The van der Waals surface area contributed by atoms with Crippen LogP contribution in [0.15, 0.2) is 30.3 Å². The fraction of sp³-hybridized carbons (Fsp3) is 0.385. The summed E-state index contributed by atoms with van der Waals surface area (Å²) in [6.07, 6.45) is 0.264. The summed E-state index contributed by atoms with van der Waals surface area (Å²) in [5, 5.41) is 0. The first kappa shape index (κ1) is 16.2. The molecule has 19 heavy (non-hydrogen) atoms. The fourth-order valence-corrected chi connectivity index (χ4v) is 2.89. The predicted molar refractivity (Wildman–Crippen MR) is 78.3 cm³/mol. The lowest BCUT2D eigenvalue weighted by molar-refractivity contribution is -0.144. The van der Waals surface area contributed by atoms with Crippen molar-refractivity contribution in [2.24, 2.45) is 0 Å². The minimum Gasteiger partial charge on any atom is -0.468 e. The Labute approximate surface area is 128 Å². The summed E-state index contributed by atoms with van der Waals surface area (Å²) in [5.74, 6) is -0.822. The van der Waals surface area contributed by atoms with Crippen LogP contribution in [0.3, 0.4) is 0 Å². The van der Waals surface area contributed by atoms with E-state index < -0.39 is 21.6 Å². The minimum atomic E-state index is -0.556. The van der Waals surface area contributed by atoms with Crippen LogP contribution < -0.4 is 0 Å². The van der Waals surface area contributed by atoms with Crippen molar-refractivity contribution in [2.45, 2.75) is 22.7 Å². The van der Waals surface area contributed by atoms with Gasteiger partial charge in [0.15, 0.2) is 0 Å². The molecule has 104 valence electrons. The second-order valence-corrected chi connectivity index (χ2v) is 6.00. The molecule has 0 fully saturated rings. The Bertz CT molecular complexity index is 422. The Morgan fingerprint density at radius 3 is 2.26 bits per heavy atom. The quantitative estimate of drug-likeness (QED) is 0.550. The Hall–Kier alpha value is -0.880. The molecule has 0 amide bonds. The van der Waals surface area contributed by atoms with Crippen molar-refractivity contribution < 1.29 is 19.1 Å². The highest BCUT2D eigenvalue weighted by Crippen LogP contribution is 2.17. The van der Waals surface area contributed by atoms with Gasteiger partial charge in [-0.1, -0.05) is 62.2 Å². The zero-order valence-corrected chi connectivity index (χ0v) is 13.5. The van der Waals surface area contributed by atoms with Crippen molar-refractivity contribution in [1.29, 1.82) is 0 Å².